The van der Waals surface area contributed by atoms with Gasteiger partial charge in [0.15, 0.2) is 0 Å². The predicted molar refractivity (Wildman–Crippen MR) is 126 cm³/mol. The number of nitrogens with one attached hydrogen (secondary N) is 1. The van der Waals surface area contributed by atoms with Crippen molar-refractivity contribution < 1.29 is 18.8 Å². The number of halogens is 1. The van der Waals surface area contributed by atoms with Gasteiger partial charge in [-0.2, -0.15) is 4.98 Å². The number of hydrogen-bond donors (Lipinski definition) is 1. The van der Waals surface area contributed by atoms with E-state index < -0.39 is 0 Å². The summed E-state index contributed by atoms with van der Waals surface area (Å²) in [6.45, 7) is 4.07. The Kier molecular flexibility index (Phi) is 7.51. The molecule has 1 aromatic heterocycles. The zero-order chi connectivity index (χ0) is 23.2. The summed E-state index contributed by atoms with van der Waals surface area (Å²) in [4.78, 5) is 31.3. The quantitative estimate of drug-likeness (QED) is 0.464. The Balaban J connectivity index is 1.32. The maximum atomic E-state index is 12.8. The van der Waals surface area contributed by atoms with Gasteiger partial charge in [-0.3, -0.25) is 9.69 Å². The first-order chi connectivity index (χ1) is 16.0. The van der Waals surface area contributed by atoms with Gasteiger partial charge < -0.3 is 14.6 Å². The Morgan fingerprint density at radius 1 is 1.18 bits per heavy atom. The fraction of sp³-hybridized carbons (Fsp3) is 0.333. The van der Waals surface area contributed by atoms with Gasteiger partial charge >= 0.3 is 5.97 Å². The molecule has 9 heteroatoms. The lowest BCUT2D eigenvalue weighted by molar-refractivity contribution is -0.121. The van der Waals surface area contributed by atoms with E-state index >= 15 is 0 Å². The molecule has 0 saturated carbocycles. The van der Waals surface area contributed by atoms with Crippen LogP contribution in [0.5, 0.6) is 0 Å². The molecule has 0 spiro atoms. The van der Waals surface area contributed by atoms with E-state index in [0.29, 0.717) is 42.7 Å². The molecule has 8 nitrogen and oxygen atoms in total. The van der Waals surface area contributed by atoms with Crippen molar-refractivity contribution in [1.82, 2.24) is 15.0 Å². The third-order valence-corrected chi connectivity index (χ3v) is 6.00. The molecule has 1 amide bonds. The van der Waals surface area contributed by atoms with Gasteiger partial charge in [0, 0.05) is 22.3 Å². The molecule has 3 aromatic rings. The van der Waals surface area contributed by atoms with Crippen LogP contribution in [-0.2, 0) is 16.1 Å². The van der Waals surface area contributed by atoms with Gasteiger partial charge in [0.2, 0.25) is 17.6 Å². The van der Waals surface area contributed by atoms with E-state index in [1.165, 1.54) is 0 Å². The number of carbonyl (C=O) groups is 2. The van der Waals surface area contributed by atoms with E-state index in [-0.39, 0.29) is 17.8 Å². The molecule has 1 N–H and O–H groups in total. The smallest absolute Gasteiger partial charge is 0.338 e. The van der Waals surface area contributed by atoms with E-state index in [0.717, 1.165) is 29.4 Å². The van der Waals surface area contributed by atoms with Crippen molar-refractivity contribution in [2.45, 2.75) is 26.3 Å². The second-order valence-corrected chi connectivity index (χ2v) is 8.80. The Morgan fingerprint density at radius 2 is 1.94 bits per heavy atom. The number of benzene rings is 2. The van der Waals surface area contributed by atoms with Crippen molar-refractivity contribution in [2.24, 2.45) is 5.92 Å². The summed E-state index contributed by atoms with van der Waals surface area (Å²) in [5.41, 5.74) is 2.00. The molecule has 33 heavy (non-hydrogen) atoms. The van der Waals surface area contributed by atoms with Crippen LogP contribution in [0.4, 0.5) is 5.69 Å². The summed E-state index contributed by atoms with van der Waals surface area (Å²) in [5, 5.41) is 7.03. The largest absolute Gasteiger partial charge is 0.462 e. The number of nitrogens with zero attached hydrogens (tertiary/aromatic N) is 3. The number of carbonyl (C=O) groups excluding carboxylic acids is 2. The Hall–Kier alpha value is -3.04. The molecular weight excluding hydrogens is 488 g/mol. The SMILES string of the molecule is CCOC(=O)c1ccc(NC(=O)C2CCCN(Cc3nc(-c4ccc(Br)cc4)no3)C2)cc1. The summed E-state index contributed by atoms with van der Waals surface area (Å²) < 4.78 is 11.4. The topological polar surface area (TPSA) is 97.6 Å². The highest BCUT2D eigenvalue weighted by molar-refractivity contribution is 9.10. The number of piperidine rings is 1. The summed E-state index contributed by atoms with van der Waals surface area (Å²) in [6, 6.07) is 14.5. The molecule has 1 aliphatic rings. The van der Waals surface area contributed by atoms with Crippen LogP contribution >= 0.6 is 15.9 Å². The van der Waals surface area contributed by atoms with Gasteiger partial charge in [-0.15, -0.1) is 0 Å². The maximum absolute atomic E-state index is 12.8. The normalized spacial score (nSPS) is 16.4. The van der Waals surface area contributed by atoms with Crippen LogP contribution in [0.15, 0.2) is 57.5 Å². The minimum absolute atomic E-state index is 0.0373. The molecule has 1 saturated heterocycles. The van der Waals surface area contributed by atoms with E-state index in [2.05, 4.69) is 36.3 Å². The maximum Gasteiger partial charge on any atom is 0.338 e. The average Bonchev–Trinajstić information content (AvgIpc) is 3.28. The first-order valence-corrected chi connectivity index (χ1v) is 11.7. The van der Waals surface area contributed by atoms with Crippen LogP contribution in [0.2, 0.25) is 0 Å². The molecule has 0 aliphatic carbocycles. The number of ether oxygens (including phenoxy) is 1. The molecule has 1 atom stereocenters. The molecule has 1 aliphatic heterocycles. The van der Waals surface area contributed by atoms with Crippen LogP contribution < -0.4 is 5.32 Å². The molecule has 2 aromatic carbocycles. The lowest BCUT2D eigenvalue weighted by Crippen LogP contribution is -2.40. The fourth-order valence-electron chi connectivity index (χ4n) is 3.79. The van der Waals surface area contributed by atoms with Gasteiger partial charge in [-0.1, -0.05) is 21.1 Å². The van der Waals surface area contributed by atoms with Crippen LogP contribution in [-0.4, -0.2) is 46.6 Å². The molecule has 1 fully saturated rings. The minimum atomic E-state index is -0.373. The summed E-state index contributed by atoms with van der Waals surface area (Å²) in [7, 11) is 0. The van der Waals surface area contributed by atoms with Crippen LogP contribution in [0, 0.1) is 5.92 Å². The second-order valence-electron chi connectivity index (χ2n) is 7.88. The predicted octanol–water partition coefficient (Wildman–Crippen LogP) is 4.53. The third-order valence-electron chi connectivity index (χ3n) is 5.47. The van der Waals surface area contributed by atoms with Gasteiger partial charge in [-0.05, 0) is 74.8 Å². The highest BCUT2D eigenvalue weighted by Gasteiger charge is 2.27. The standard InChI is InChI=1S/C24H25BrN4O4/c1-2-32-24(31)17-7-11-20(12-8-17)26-23(30)18-4-3-13-29(14-18)15-21-27-22(28-33-21)16-5-9-19(25)10-6-16/h5-12,18H,2-4,13-15H2,1H3,(H,26,30). The Bertz CT molecular complexity index is 1100. The van der Waals surface area contributed by atoms with Crippen molar-refractivity contribution in [1.29, 1.82) is 0 Å². The fourth-order valence-corrected chi connectivity index (χ4v) is 4.05. The van der Waals surface area contributed by atoms with Crippen LogP contribution in [0.1, 0.15) is 36.0 Å². The molecule has 0 bridgehead atoms. The molecular formula is C24H25BrN4O4. The van der Waals surface area contributed by atoms with E-state index in [1.807, 2.05) is 24.3 Å². The van der Waals surface area contributed by atoms with Crippen LogP contribution in [0.3, 0.4) is 0 Å². The van der Waals surface area contributed by atoms with Gasteiger partial charge in [0.1, 0.15) is 0 Å². The number of esters is 1. The minimum Gasteiger partial charge on any atom is -0.462 e. The summed E-state index contributed by atoms with van der Waals surface area (Å²) >= 11 is 3.42. The number of rotatable bonds is 7. The zero-order valence-electron chi connectivity index (χ0n) is 18.3. The van der Waals surface area contributed by atoms with Gasteiger partial charge in [-0.25, -0.2) is 4.79 Å². The van der Waals surface area contributed by atoms with E-state index in [4.69, 9.17) is 9.26 Å². The number of hydrogen-bond acceptors (Lipinski definition) is 7. The highest BCUT2D eigenvalue weighted by atomic mass is 79.9. The number of likely N-dealkylation sites (tertiary alicyclic amines) is 1. The average molecular weight is 513 g/mol. The van der Waals surface area contributed by atoms with Crippen molar-refractivity contribution in [3.05, 3.63) is 64.5 Å². The van der Waals surface area contributed by atoms with Gasteiger partial charge in [0.05, 0.1) is 24.6 Å². The lowest BCUT2D eigenvalue weighted by Gasteiger charge is -2.30. The van der Waals surface area contributed by atoms with Crippen molar-refractivity contribution in [2.75, 3.05) is 25.0 Å². The molecule has 172 valence electrons. The third kappa shape index (κ3) is 6.06. The van der Waals surface area contributed by atoms with Gasteiger partial charge in [0.25, 0.3) is 0 Å². The second kappa shape index (κ2) is 10.7. The Morgan fingerprint density at radius 3 is 2.67 bits per heavy atom. The molecule has 0 radical (unpaired) electrons. The molecule has 2 heterocycles. The monoisotopic (exact) mass is 512 g/mol. The lowest BCUT2D eigenvalue weighted by atomic mass is 9.97. The van der Waals surface area contributed by atoms with Crippen molar-refractivity contribution in [3.63, 3.8) is 0 Å². The molecule has 1 unspecified atom stereocenters. The van der Waals surface area contributed by atoms with Crippen molar-refractivity contribution >= 4 is 33.5 Å². The van der Waals surface area contributed by atoms with E-state index in [1.54, 1.807) is 31.2 Å². The van der Waals surface area contributed by atoms with Crippen LogP contribution in [0.25, 0.3) is 11.4 Å². The highest BCUT2D eigenvalue weighted by Crippen LogP contribution is 2.23. The van der Waals surface area contributed by atoms with Crippen molar-refractivity contribution in [3.8, 4) is 11.4 Å². The van der Waals surface area contributed by atoms with E-state index in [9.17, 15) is 9.59 Å². The summed E-state index contributed by atoms with van der Waals surface area (Å²) in [6.07, 6.45) is 1.73. The first kappa shape index (κ1) is 23.1. The molecule has 4 rings (SSSR count). The Labute approximate surface area is 200 Å². The number of aromatic nitrogens is 2. The first-order valence-electron chi connectivity index (χ1n) is 10.9. The number of amides is 1. The zero-order valence-corrected chi connectivity index (χ0v) is 19.9. The summed E-state index contributed by atoms with van der Waals surface area (Å²) in [5.74, 6) is 0.531. The number of anilines is 1.